The van der Waals surface area contributed by atoms with Crippen LogP contribution in [0.5, 0.6) is 0 Å². The van der Waals surface area contributed by atoms with Crippen molar-refractivity contribution in [3.63, 3.8) is 0 Å². The Morgan fingerprint density at radius 3 is 2.57 bits per heavy atom. The number of piperazine rings is 1. The molecule has 156 valence electrons. The highest BCUT2D eigenvalue weighted by Crippen LogP contribution is 2.33. The molecule has 2 aliphatic heterocycles. The van der Waals surface area contributed by atoms with Gasteiger partial charge in [-0.25, -0.2) is 12.4 Å². The molecule has 0 bridgehead atoms. The molecule has 5 rings (SSSR count). The summed E-state index contributed by atoms with van der Waals surface area (Å²) in [6, 6.07) is 12.8. The number of carbonyl (C=O) groups excluding carboxylic acids is 1. The van der Waals surface area contributed by atoms with Crippen LogP contribution in [0.15, 0.2) is 53.6 Å². The molecule has 0 atom stereocenters. The average Bonchev–Trinajstić information content (AvgIpc) is 3.38. The van der Waals surface area contributed by atoms with Crippen molar-refractivity contribution in [3.8, 4) is 0 Å². The van der Waals surface area contributed by atoms with E-state index in [-0.39, 0.29) is 10.8 Å². The normalized spacial score (nSPS) is 16.8. The molecular weight excluding hydrogens is 400 g/mol. The van der Waals surface area contributed by atoms with Crippen LogP contribution >= 0.6 is 0 Å². The van der Waals surface area contributed by atoms with E-state index in [4.69, 9.17) is 0 Å². The number of fused-ring (bicyclic) bond motifs is 2. The second kappa shape index (κ2) is 7.14. The first-order valence-corrected chi connectivity index (χ1v) is 11.6. The minimum absolute atomic E-state index is 0.0267. The van der Waals surface area contributed by atoms with Gasteiger partial charge >= 0.3 is 0 Å². The summed E-state index contributed by atoms with van der Waals surface area (Å²) in [7, 11) is -3.75. The highest BCUT2D eigenvalue weighted by atomic mass is 32.2. The fourth-order valence-corrected chi connectivity index (χ4v) is 5.89. The lowest BCUT2D eigenvalue weighted by Gasteiger charge is -2.30. The van der Waals surface area contributed by atoms with Gasteiger partial charge in [0.2, 0.25) is 5.91 Å². The van der Waals surface area contributed by atoms with E-state index in [0.717, 1.165) is 48.5 Å². The van der Waals surface area contributed by atoms with Gasteiger partial charge in [-0.15, -0.1) is 0 Å². The lowest BCUT2D eigenvalue weighted by molar-refractivity contribution is -0.116. The molecule has 1 aromatic heterocycles. The van der Waals surface area contributed by atoms with E-state index in [1.54, 1.807) is 29.3 Å². The molecule has 2 aliphatic rings. The second-order valence-electron chi connectivity index (χ2n) is 7.77. The average molecular weight is 425 g/mol. The topological polar surface area (TPSA) is 74.7 Å². The van der Waals surface area contributed by atoms with Crippen molar-refractivity contribution in [1.29, 1.82) is 0 Å². The number of anilines is 2. The third-order valence-corrected chi connectivity index (χ3v) is 7.70. The SMILES string of the molecule is CC(=O)N1CCc2cc(S(=O)(=O)n3ccc4c(N5CCNCC5)cccc43)ccc21. The molecule has 0 spiro atoms. The maximum absolute atomic E-state index is 13.5. The third kappa shape index (κ3) is 2.98. The number of amides is 1. The highest BCUT2D eigenvalue weighted by molar-refractivity contribution is 7.90. The summed E-state index contributed by atoms with van der Waals surface area (Å²) in [5.41, 5.74) is 3.44. The fourth-order valence-electron chi connectivity index (χ4n) is 4.50. The predicted molar refractivity (Wildman–Crippen MR) is 118 cm³/mol. The predicted octanol–water partition coefficient (Wildman–Crippen LogP) is 2.20. The molecule has 8 heteroatoms. The van der Waals surface area contributed by atoms with Gasteiger partial charge < -0.3 is 15.1 Å². The zero-order chi connectivity index (χ0) is 20.9. The number of carbonyl (C=O) groups is 1. The molecule has 1 amide bonds. The van der Waals surface area contributed by atoms with Crippen LogP contribution in [0.1, 0.15) is 12.5 Å². The Balaban J connectivity index is 1.56. The number of benzene rings is 2. The zero-order valence-corrected chi connectivity index (χ0v) is 17.7. The number of hydrogen-bond acceptors (Lipinski definition) is 5. The van der Waals surface area contributed by atoms with Crippen LogP contribution in [0.2, 0.25) is 0 Å². The van der Waals surface area contributed by atoms with Crippen LogP contribution in [-0.4, -0.2) is 51.0 Å². The smallest absolute Gasteiger partial charge is 0.268 e. The summed E-state index contributed by atoms with van der Waals surface area (Å²) in [6.07, 6.45) is 2.30. The summed E-state index contributed by atoms with van der Waals surface area (Å²) in [5.74, 6) is -0.0267. The Morgan fingerprint density at radius 1 is 1.00 bits per heavy atom. The van der Waals surface area contributed by atoms with Crippen LogP contribution in [0, 0.1) is 0 Å². The standard InChI is InChI=1S/C22H24N4O3S/c1-16(27)25-11-7-17-15-18(5-6-20(17)25)30(28,29)26-12-8-19-21(3-2-4-22(19)26)24-13-9-23-10-14-24/h2-6,8,12,15,23H,7,9-11,13-14H2,1H3. The lowest BCUT2D eigenvalue weighted by Crippen LogP contribution is -2.43. The van der Waals surface area contributed by atoms with Crippen molar-refractivity contribution in [1.82, 2.24) is 9.29 Å². The molecule has 0 saturated carbocycles. The number of rotatable bonds is 3. The lowest BCUT2D eigenvalue weighted by atomic mass is 10.2. The van der Waals surface area contributed by atoms with Crippen LogP contribution in [0.4, 0.5) is 11.4 Å². The van der Waals surface area contributed by atoms with Crippen molar-refractivity contribution in [2.45, 2.75) is 18.2 Å². The van der Waals surface area contributed by atoms with E-state index in [2.05, 4.69) is 16.3 Å². The summed E-state index contributed by atoms with van der Waals surface area (Å²) in [6.45, 7) is 5.75. The van der Waals surface area contributed by atoms with Gasteiger partial charge in [0.05, 0.1) is 10.4 Å². The number of nitrogens with zero attached hydrogens (tertiary/aromatic N) is 3. The maximum Gasteiger partial charge on any atom is 0.268 e. The van der Waals surface area contributed by atoms with Gasteiger partial charge in [0.1, 0.15) is 0 Å². The molecule has 0 unspecified atom stereocenters. The summed E-state index contributed by atoms with van der Waals surface area (Å²) in [5, 5.41) is 4.28. The highest BCUT2D eigenvalue weighted by Gasteiger charge is 2.26. The van der Waals surface area contributed by atoms with Gasteiger partial charge in [0, 0.05) is 62.6 Å². The van der Waals surface area contributed by atoms with Crippen molar-refractivity contribution < 1.29 is 13.2 Å². The van der Waals surface area contributed by atoms with Crippen LogP contribution in [0.3, 0.4) is 0 Å². The minimum atomic E-state index is -3.75. The second-order valence-corrected chi connectivity index (χ2v) is 9.59. The summed E-state index contributed by atoms with van der Waals surface area (Å²) in [4.78, 5) is 16.0. The van der Waals surface area contributed by atoms with Gasteiger partial charge in [0.15, 0.2) is 0 Å². The molecule has 3 aromatic rings. The number of aromatic nitrogens is 1. The Hall–Kier alpha value is -2.84. The van der Waals surface area contributed by atoms with Gasteiger partial charge in [-0.1, -0.05) is 6.07 Å². The molecule has 1 N–H and O–H groups in total. The van der Waals surface area contributed by atoms with Crippen molar-refractivity contribution in [3.05, 3.63) is 54.2 Å². The Bertz CT molecular complexity index is 1240. The van der Waals surface area contributed by atoms with E-state index >= 15 is 0 Å². The van der Waals surface area contributed by atoms with Crippen molar-refractivity contribution >= 4 is 38.2 Å². The molecule has 3 heterocycles. The summed E-state index contributed by atoms with van der Waals surface area (Å²) < 4.78 is 28.3. The first kappa shape index (κ1) is 19.1. The van der Waals surface area contributed by atoms with Crippen LogP contribution < -0.4 is 15.1 Å². The Morgan fingerprint density at radius 2 is 1.80 bits per heavy atom. The molecule has 1 fully saturated rings. The number of nitrogens with one attached hydrogen (secondary N) is 1. The zero-order valence-electron chi connectivity index (χ0n) is 16.8. The largest absolute Gasteiger partial charge is 0.368 e. The maximum atomic E-state index is 13.5. The van der Waals surface area contributed by atoms with Gasteiger partial charge in [-0.05, 0) is 48.4 Å². The van der Waals surface area contributed by atoms with Crippen molar-refractivity contribution in [2.24, 2.45) is 0 Å². The molecular formula is C22H24N4O3S. The van der Waals surface area contributed by atoms with Gasteiger partial charge in [0.25, 0.3) is 10.0 Å². The molecule has 0 aliphatic carbocycles. The third-order valence-electron chi connectivity index (χ3n) is 6.02. The fraction of sp³-hybridized carbons (Fsp3) is 0.318. The molecule has 30 heavy (non-hydrogen) atoms. The molecule has 0 radical (unpaired) electrons. The van der Waals surface area contributed by atoms with E-state index < -0.39 is 10.0 Å². The Labute approximate surface area is 175 Å². The van der Waals surface area contributed by atoms with E-state index in [1.807, 2.05) is 18.2 Å². The molecule has 7 nitrogen and oxygen atoms in total. The Kier molecular flexibility index (Phi) is 4.56. The van der Waals surface area contributed by atoms with Crippen LogP contribution in [-0.2, 0) is 21.2 Å². The quantitative estimate of drug-likeness (QED) is 0.698. The van der Waals surface area contributed by atoms with E-state index in [1.165, 1.54) is 10.9 Å². The number of hydrogen-bond donors (Lipinski definition) is 1. The van der Waals surface area contributed by atoms with Gasteiger partial charge in [-0.3, -0.25) is 4.79 Å². The molecule has 2 aromatic carbocycles. The summed E-state index contributed by atoms with van der Waals surface area (Å²) >= 11 is 0. The van der Waals surface area contributed by atoms with E-state index in [9.17, 15) is 13.2 Å². The first-order valence-electron chi connectivity index (χ1n) is 10.2. The van der Waals surface area contributed by atoms with Crippen LogP contribution in [0.25, 0.3) is 10.9 Å². The molecule has 1 saturated heterocycles. The van der Waals surface area contributed by atoms with Crippen molar-refractivity contribution in [2.75, 3.05) is 42.5 Å². The first-order chi connectivity index (χ1) is 14.5. The monoisotopic (exact) mass is 424 g/mol. The minimum Gasteiger partial charge on any atom is -0.368 e. The van der Waals surface area contributed by atoms with Gasteiger partial charge in [-0.2, -0.15) is 0 Å². The van der Waals surface area contributed by atoms with E-state index in [0.29, 0.717) is 18.5 Å².